The summed E-state index contributed by atoms with van der Waals surface area (Å²) in [5.74, 6) is 0.469. The number of benzene rings is 1. The number of likely N-dealkylation sites (tertiary alicyclic amines) is 1. The topological polar surface area (TPSA) is 36.3 Å². The quantitative estimate of drug-likeness (QED) is 0.564. The second kappa shape index (κ2) is 6.56. The Morgan fingerprint density at radius 3 is 2.35 bits per heavy atom. The first-order valence-corrected chi connectivity index (χ1v) is 8.26. The van der Waals surface area contributed by atoms with E-state index >= 15 is 0 Å². The van der Waals surface area contributed by atoms with Crippen molar-refractivity contribution in [2.75, 3.05) is 13.1 Å². The number of halogens is 3. The molecule has 0 unspecified atom stereocenters. The predicted octanol–water partition coefficient (Wildman–Crippen LogP) is 4.70. The second-order valence-corrected chi connectivity index (χ2v) is 6.99. The second-order valence-electron chi connectivity index (χ2n) is 6.99. The van der Waals surface area contributed by atoms with Crippen molar-refractivity contribution >= 4 is 0 Å². The molecule has 6 heteroatoms. The van der Waals surface area contributed by atoms with Gasteiger partial charge in [-0.3, -0.25) is 0 Å². The Balaban J connectivity index is 1.44. The molecular formula is C20H19F3N2O. The molecule has 0 amide bonds. The third-order valence-electron chi connectivity index (χ3n) is 4.88. The molecular weight excluding hydrogens is 341 g/mol. The number of alkyl halides is 3. The van der Waals surface area contributed by atoms with E-state index in [1.54, 1.807) is 12.2 Å². The Kier molecular flexibility index (Phi) is 4.57. The molecule has 0 N–H and O–H groups in total. The van der Waals surface area contributed by atoms with Crippen LogP contribution in [0.25, 0.3) is 0 Å². The summed E-state index contributed by atoms with van der Waals surface area (Å²) in [5, 5.41) is 8.68. The molecule has 136 valence electrons. The van der Waals surface area contributed by atoms with E-state index in [1.807, 2.05) is 6.07 Å². The van der Waals surface area contributed by atoms with Crippen LogP contribution in [-0.2, 0) is 6.18 Å². The van der Waals surface area contributed by atoms with Crippen LogP contribution < -0.4 is 4.74 Å². The molecule has 2 fully saturated rings. The van der Waals surface area contributed by atoms with E-state index in [0.717, 1.165) is 43.8 Å². The lowest BCUT2D eigenvalue weighted by atomic mass is 9.61. The lowest BCUT2D eigenvalue weighted by Gasteiger charge is -2.59. The number of rotatable bonds is 5. The van der Waals surface area contributed by atoms with Gasteiger partial charge in [0, 0.05) is 29.8 Å². The van der Waals surface area contributed by atoms with Crippen molar-refractivity contribution < 1.29 is 17.9 Å². The molecule has 1 aliphatic carbocycles. The summed E-state index contributed by atoms with van der Waals surface area (Å²) in [6.07, 6.45) is 0.901. The van der Waals surface area contributed by atoms with E-state index in [2.05, 4.69) is 18.1 Å². The summed E-state index contributed by atoms with van der Waals surface area (Å²) in [5.41, 5.74) is 0.768. The highest BCUT2D eigenvalue weighted by molar-refractivity contribution is 5.34. The van der Waals surface area contributed by atoms with Crippen LogP contribution in [0.1, 0.15) is 18.4 Å². The van der Waals surface area contributed by atoms with Gasteiger partial charge >= 0.3 is 6.18 Å². The maximum atomic E-state index is 12.6. The Labute approximate surface area is 150 Å². The number of hydrogen-bond donors (Lipinski definition) is 0. The minimum atomic E-state index is -4.33. The highest BCUT2D eigenvalue weighted by atomic mass is 19.4. The monoisotopic (exact) mass is 360 g/mol. The van der Waals surface area contributed by atoms with Gasteiger partial charge in [0.05, 0.1) is 11.6 Å². The molecule has 3 nitrogen and oxygen atoms in total. The van der Waals surface area contributed by atoms with Gasteiger partial charge in [0.25, 0.3) is 0 Å². The summed E-state index contributed by atoms with van der Waals surface area (Å²) in [4.78, 5) is 2.13. The van der Waals surface area contributed by atoms with Crippen molar-refractivity contribution in [3.05, 3.63) is 66.4 Å². The zero-order chi connectivity index (χ0) is 18.9. The van der Waals surface area contributed by atoms with Crippen LogP contribution in [0.4, 0.5) is 13.2 Å². The molecule has 1 saturated heterocycles. The zero-order valence-corrected chi connectivity index (χ0v) is 14.2. The first-order valence-electron chi connectivity index (χ1n) is 8.26. The fourth-order valence-electron chi connectivity index (χ4n) is 3.47. The fraction of sp³-hybridized carbons (Fsp3) is 0.350. The van der Waals surface area contributed by atoms with Gasteiger partial charge < -0.3 is 9.64 Å². The van der Waals surface area contributed by atoms with Gasteiger partial charge in [0.1, 0.15) is 11.9 Å². The maximum absolute atomic E-state index is 12.6. The fourth-order valence-corrected chi connectivity index (χ4v) is 3.47. The average Bonchev–Trinajstić information content (AvgIpc) is 2.52. The van der Waals surface area contributed by atoms with Gasteiger partial charge in [-0.15, -0.1) is 0 Å². The van der Waals surface area contributed by atoms with E-state index in [4.69, 9.17) is 10.00 Å². The minimum Gasteiger partial charge on any atom is -0.490 e. The lowest BCUT2D eigenvalue weighted by Crippen LogP contribution is -2.63. The Hall–Kier alpha value is -2.68. The molecule has 1 spiro atoms. The van der Waals surface area contributed by atoms with Gasteiger partial charge in [-0.25, -0.2) is 0 Å². The van der Waals surface area contributed by atoms with E-state index in [9.17, 15) is 13.2 Å². The van der Waals surface area contributed by atoms with Gasteiger partial charge in [-0.2, -0.15) is 18.4 Å². The standard InChI is InChI=1S/C20H19F3N2O/c1-14(11-24)3-4-15(2)25-12-19(13-25)9-18(10-19)26-17-7-5-16(6-8-17)20(21,22)23/h3-8,18H,1-2,9-10,12-13H2/b4-3-. The number of nitrogens with zero attached hydrogens (tertiary/aromatic N) is 2. The molecule has 1 aliphatic heterocycles. The Morgan fingerprint density at radius 1 is 1.19 bits per heavy atom. The number of nitriles is 1. The summed E-state index contributed by atoms with van der Waals surface area (Å²) in [6.45, 7) is 9.33. The largest absolute Gasteiger partial charge is 0.490 e. The van der Waals surface area contributed by atoms with Crippen molar-refractivity contribution in [3.8, 4) is 11.8 Å². The highest BCUT2D eigenvalue weighted by Crippen LogP contribution is 2.50. The zero-order valence-electron chi connectivity index (χ0n) is 14.2. The van der Waals surface area contributed by atoms with E-state index in [-0.39, 0.29) is 11.5 Å². The smallest absolute Gasteiger partial charge is 0.416 e. The first-order chi connectivity index (χ1) is 12.2. The maximum Gasteiger partial charge on any atom is 0.416 e. The normalized spacial score (nSPS) is 18.9. The van der Waals surface area contributed by atoms with Crippen LogP contribution in [0.3, 0.4) is 0 Å². The van der Waals surface area contributed by atoms with Crippen LogP contribution in [0.15, 0.2) is 60.8 Å². The molecule has 0 bridgehead atoms. The number of allylic oxidation sites excluding steroid dienone is 3. The van der Waals surface area contributed by atoms with Crippen LogP contribution in [-0.4, -0.2) is 24.1 Å². The lowest BCUT2D eigenvalue weighted by molar-refractivity contribution is -0.137. The van der Waals surface area contributed by atoms with Gasteiger partial charge in [-0.1, -0.05) is 13.2 Å². The summed E-state index contributed by atoms with van der Waals surface area (Å²) < 4.78 is 43.4. The summed E-state index contributed by atoms with van der Waals surface area (Å²) >= 11 is 0. The SMILES string of the molecule is C=C(C#N)/C=C\C(=C)N1CC2(CC(Oc3ccc(C(F)(F)F)cc3)C2)C1. The van der Waals surface area contributed by atoms with Gasteiger partial charge in [-0.05, 0) is 49.3 Å². The summed E-state index contributed by atoms with van der Waals surface area (Å²) in [6, 6.07) is 6.78. The average molecular weight is 360 g/mol. The molecule has 1 aromatic rings. The summed E-state index contributed by atoms with van der Waals surface area (Å²) in [7, 11) is 0. The minimum absolute atomic E-state index is 0.0380. The molecule has 1 aromatic carbocycles. The van der Waals surface area contributed by atoms with Gasteiger partial charge in [0.15, 0.2) is 0 Å². The molecule has 26 heavy (non-hydrogen) atoms. The molecule has 1 saturated carbocycles. The van der Waals surface area contributed by atoms with Crippen molar-refractivity contribution in [1.82, 2.24) is 4.90 Å². The van der Waals surface area contributed by atoms with Crippen molar-refractivity contribution in [1.29, 1.82) is 5.26 Å². The van der Waals surface area contributed by atoms with E-state index in [0.29, 0.717) is 11.3 Å². The van der Waals surface area contributed by atoms with Gasteiger partial charge in [0.2, 0.25) is 0 Å². The third kappa shape index (κ3) is 3.77. The van der Waals surface area contributed by atoms with Crippen molar-refractivity contribution in [2.24, 2.45) is 5.41 Å². The van der Waals surface area contributed by atoms with Crippen molar-refractivity contribution in [3.63, 3.8) is 0 Å². The molecule has 0 radical (unpaired) electrons. The van der Waals surface area contributed by atoms with Crippen molar-refractivity contribution in [2.45, 2.75) is 25.1 Å². The highest BCUT2D eigenvalue weighted by Gasteiger charge is 2.53. The predicted molar refractivity (Wildman–Crippen MR) is 92.1 cm³/mol. The molecule has 2 aliphatic rings. The first kappa shape index (κ1) is 18.1. The molecule has 3 rings (SSSR count). The third-order valence-corrected chi connectivity index (χ3v) is 4.88. The van der Waals surface area contributed by atoms with Crippen LogP contribution in [0, 0.1) is 16.7 Å². The molecule has 0 atom stereocenters. The van der Waals surface area contributed by atoms with Crippen LogP contribution >= 0.6 is 0 Å². The van der Waals surface area contributed by atoms with Crippen LogP contribution in [0.2, 0.25) is 0 Å². The number of hydrogen-bond acceptors (Lipinski definition) is 3. The van der Waals surface area contributed by atoms with E-state index < -0.39 is 11.7 Å². The van der Waals surface area contributed by atoms with E-state index in [1.165, 1.54) is 12.1 Å². The Morgan fingerprint density at radius 2 is 1.81 bits per heavy atom. The molecule has 1 heterocycles. The molecule has 0 aromatic heterocycles. The Bertz CT molecular complexity index is 773. The number of ether oxygens (including phenoxy) is 1. The van der Waals surface area contributed by atoms with Crippen LogP contribution in [0.5, 0.6) is 5.75 Å².